The molecule has 4 aromatic rings. The van der Waals surface area contributed by atoms with Crippen LogP contribution in [0.3, 0.4) is 0 Å². The minimum atomic E-state index is -0.158. The first-order valence-corrected chi connectivity index (χ1v) is 14.7. The number of thiazole rings is 1. The minimum Gasteiger partial charge on any atom is -0.358 e. The van der Waals surface area contributed by atoms with Gasteiger partial charge < -0.3 is 20.5 Å². The van der Waals surface area contributed by atoms with Gasteiger partial charge in [0.1, 0.15) is 5.01 Å². The molecule has 1 fully saturated rings. The summed E-state index contributed by atoms with van der Waals surface area (Å²) >= 11 is 1.60. The van der Waals surface area contributed by atoms with Gasteiger partial charge in [0.25, 0.3) is 11.8 Å². The van der Waals surface area contributed by atoms with E-state index in [4.69, 9.17) is 4.98 Å². The Morgan fingerprint density at radius 1 is 1.07 bits per heavy atom. The van der Waals surface area contributed by atoms with Crippen LogP contribution in [0.5, 0.6) is 0 Å². The van der Waals surface area contributed by atoms with E-state index in [1.54, 1.807) is 11.3 Å². The topological polar surface area (TPSA) is 90.1 Å². The number of hydrogen-bond acceptors (Lipinski definition) is 5. The fourth-order valence-electron chi connectivity index (χ4n) is 5.61. The predicted molar refractivity (Wildman–Crippen MR) is 162 cm³/mol. The summed E-state index contributed by atoms with van der Waals surface area (Å²) in [6.45, 7) is 7.55. The van der Waals surface area contributed by atoms with Crippen LogP contribution in [0.2, 0.25) is 0 Å². The number of aromatic nitrogens is 2. The molecule has 0 bridgehead atoms. The number of likely N-dealkylation sites (tertiary alicyclic amines) is 1. The van der Waals surface area contributed by atoms with Gasteiger partial charge >= 0.3 is 0 Å². The van der Waals surface area contributed by atoms with Crippen LogP contribution in [0, 0.1) is 13.8 Å². The number of aromatic amines is 1. The van der Waals surface area contributed by atoms with Crippen molar-refractivity contribution in [2.45, 2.75) is 33.1 Å². The number of H-pyrrole nitrogens is 1. The van der Waals surface area contributed by atoms with Gasteiger partial charge in [-0.15, -0.1) is 11.3 Å². The van der Waals surface area contributed by atoms with Crippen molar-refractivity contribution in [1.82, 2.24) is 20.2 Å². The first-order valence-electron chi connectivity index (χ1n) is 13.9. The summed E-state index contributed by atoms with van der Waals surface area (Å²) in [5, 5.41) is 9.08. The van der Waals surface area contributed by atoms with Crippen molar-refractivity contribution < 1.29 is 9.59 Å². The van der Waals surface area contributed by atoms with Crippen LogP contribution in [0.1, 0.15) is 52.1 Å². The molecule has 0 saturated carbocycles. The lowest BCUT2D eigenvalue weighted by Crippen LogP contribution is -2.37. The quantitative estimate of drug-likeness (QED) is 0.241. The van der Waals surface area contributed by atoms with Crippen molar-refractivity contribution in [3.8, 4) is 21.8 Å². The summed E-state index contributed by atoms with van der Waals surface area (Å²) in [6.07, 6.45) is 5.62. The second kappa shape index (κ2) is 11.2. The number of carbonyl (C=O) groups is 2. The molecule has 1 saturated heterocycles. The summed E-state index contributed by atoms with van der Waals surface area (Å²) in [6, 6.07) is 16.1. The third kappa shape index (κ3) is 5.24. The molecule has 7 nitrogen and oxygen atoms in total. The maximum Gasteiger partial charge on any atom is 0.256 e. The van der Waals surface area contributed by atoms with E-state index in [2.05, 4.69) is 32.7 Å². The maximum absolute atomic E-state index is 13.1. The van der Waals surface area contributed by atoms with E-state index in [1.807, 2.05) is 61.7 Å². The Morgan fingerprint density at radius 2 is 1.88 bits per heavy atom. The zero-order valence-electron chi connectivity index (χ0n) is 22.8. The SMILES string of the molecule is Cc1[nH]c(C=C2C(=O)Nc3ccc(-c4csc(-c5ccccc5)n4)cc32)c(C)c1C(=O)NCCN1CCCCC1. The van der Waals surface area contributed by atoms with Gasteiger partial charge in [0.2, 0.25) is 0 Å². The number of rotatable bonds is 7. The number of piperidine rings is 1. The summed E-state index contributed by atoms with van der Waals surface area (Å²) < 4.78 is 0. The van der Waals surface area contributed by atoms with Gasteiger partial charge in [-0.25, -0.2) is 4.98 Å². The second-order valence-corrected chi connectivity index (χ2v) is 11.4. The van der Waals surface area contributed by atoms with Crippen LogP contribution in [-0.4, -0.2) is 52.9 Å². The Morgan fingerprint density at radius 3 is 2.67 bits per heavy atom. The van der Waals surface area contributed by atoms with E-state index in [-0.39, 0.29) is 11.8 Å². The number of nitrogens with zero attached hydrogens (tertiary/aromatic N) is 2. The normalized spacial score (nSPS) is 16.2. The van der Waals surface area contributed by atoms with E-state index < -0.39 is 0 Å². The Labute approximate surface area is 238 Å². The number of amides is 2. The number of benzene rings is 2. The smallest absolute Gasteiger partial charge is 0.256 e. The summed E-state index contributed by atoms with van der Waals surface area (Å²) in [7, 11) is 0. The third-order valence-corrected chi connectivity index (χ3v) is 8.67. The standard InChI is InChI=1S/C32H33N5O2S/c1-20-27(34-21(2)29(20)31(39)33-13-16-37-14-7-4-8-15-37)18-25-24-17-23(11-12-26(24)35-30(25)38)28-19-40-32(36-28)22-9-5-3-6-10-22/h3,5-6,9-12,17-19,34H,4,7-8,13-16H2,1-2H3,(H,33,39)(H,35,38). The lowest BCUT2D eigenvalue weighted by atomic mass is 10.0. The molecule has 2 aliphatic heterocycles. The van der Waals surface area contributed by atoms with Crippen molar-refractivity contribution in [3.63, 3.8) is 0 Å². The summed E-state index contributed by atoms with van der Waals surface area (Å²) in [5.74, 6) is -0.237. The fraction of sp³-hybridized carbons (Fsp3) is 0.281. The molecule has 0 aliphatic carbocycles. The number of aryl methyl sites for hydroxylation is 1. The van der Waals surface area contributed by atoms with Crippen LogP contribution in [0.15, 0.2) is 53.9 Å². The van der Waals surface area contributed by atoms with Gasteiger partial charge in [0.15, 0.2) is 0 Å². The van der Waals surface area contributed by atoms with Crippen molar-refractivity contribution in [3.05, 3.63) is 82.0 Å². The van der Waals surface area contributed by atoms with Gasteiger partial charge in [0, 0.05) is 52.2 Å². The van der Waals surface area contributed by atoms with E-state index in [0.717, 1.165) is 69.7 Å². The first-order chi connectivity index (χ1) is 19.5. The van der Waals surface area contributed by atoms with Crippen LogP contribution in [0.4, 0.5) is 5.69 Å². The molecule has 0 radical (unpaired) electrons. The molecule has 40 heavy (non-hydrogen) atoms. The molecule has 6 rings (SSSR count). The molecule has 204 valence electrons. The lowest BCUT2D eigenvalue weighted by molar-refractivity contribution is -0.110. The maximum atomic E-state index is 13.1. The molecule has 0 spiro atoms. The molecule has 0 unspecified atom stereocenters. The van der Waals surface area contributed by atoms with Crippen molar-refractivity contribution in [2.75, 3.05) is 31.5 Å². The Hall–Kier alpha value is -4.01. The van der Waals surface area contributed by atoms with Crippen LogP contribution < -0.4 is 10.6 Å². The highest BCUT2D eigenvalue weighted by Crippen LogP contribution is 2.38. The van der Waals surface area contributed by atoms with Gasteiger partial charge in [0.05, 0.1) is 16.8 Å². The molecule has 2 aliphatic rings. The van der Waals surface area contributed by atoms with Gasteiger partial charge in [-0.1, -0.05) is 42.8 Å². The highest BCUT2D eigenvalue weighted by Gasteiger charge is 2.26. The lowest BCUT2D eigenvalue weighted by Gasteiger charge is -2.26. The molecule has 2 aromatic heterocycles. The van der Waals surface area contributed by atoms with E-state index in [9.17, 15) is 9.59 Å². The zero-order chi connectivity index (χ0) is 27.6. The largest absolute Gasteiger partial charge is 0.358 e. The number of fused-ring (bicyclic) bond motifs is 1. The molecule has 4 heterocycles. The molecule has 0 atom stereocenters. The summed E-state index contributed by atoms with van der Waals surface area (Å²) in [4.78, 5) is 36.7. The highest BCUT2D eigenvalue weighted by molar-refractivity contribution is 7.13. The number of nitrogens with one attached hydrogen (secondary N) is 3. The second-order valence-electron chi connectivity index (χ2n) is 10.5. The van der Waals surface area contributed by atoms with Crippen molar-refractivity contribution in [1.29, 1.82) is 0 Å². The molecular weight excluding hydrogens is 518 g/mol. The predicted octanol–water partition coefficient (Wildman–Crippen LogP) is 6.13. The number of hydrogen-bond donors (Lipinski definition) is 3. The molecule has 2 amide bonds. The molecule has 3 N–H and O–H groups in total. The van der Waals surface area contributed by atoms with Crippen LogP contribution in [-0.2, 0) is 4.79 Å². The van der Waals surface area contributed by atoms with E-state index in [0.29, 0.717) is 17.7 Å². The minimum absolute atomic E-state index is 0.0794. The Kier molecular flexibility index (Phi) is 7.36. The average molecular weight is 552 g/mol. The van der Waals surface area contributed by atoms with Crippen molar-refractivity contribution >= 4 is 40.5 Å². The number of anilines is 1. The van der Waals surface area contributed by atoms with Gasteiger partial charge in [-0.3, -0.25) is 9.59 Å². The highest BCUT2D eigenvalue weighted by atomic mass is 32.1. The van der Waals surface area contributed by atoms with E-state index >= 15 is 0 Å². The van der Waals surface area contributed by atoms with Gasteiger partial charge in [-0.05, 0) is 63.6 Å². The Bertz CT molecular complexity index is 1590. The van der Waals surface area contributed by atoms with Crippen LogP contribution >= 0.6 is 11.3 Å². The first kappa shape index (κ1) is 26.2. The molecule has 8 heteroatoms. The molecule has 2 aromatic carbocycles. The monoisotopic (exact) mass is 551 g/mol. The fourth-order valence-corrected chi connectivity index (χ4v) is 6.45. The van der Waals surface area contributed by atoms with E-state index in [1.165, 1.54) is 19.3 Å². The summed E-state index contributed by atoms with van der Waals surface area (Å²) in [5.41, 5.74) is 8.13. The zero-order valence-corrected chi connectivity index (χ0v) is 23.7. The Balaban J connectivity index is 1.23. The average Bonchev–Trinajstić information content (AvgIpc) is 3.66. The number of carbonyl (C=O) groups excluding carboxylic acids is 2. The third-order valence-electron chi connectivity index (χ3n) is 7.78. The van der Waals surface area contributed by atoms with Crippen molar-refractivity contribution in [2.24, 2.45) is 0 Å². The van der Waals surface area contributed by atoms with Crippen LogP contribution in [0.25, 0.3) is 33.5 Å². The molecular formula is C32H33N5O2S. The van der Waals surface area contributed by atoms with Gasteiger partial charge in [-0.2, -0.15) is 0 Å².